The van der Waals surface area contributed by atoms with Crippen LogP contribution in [0.3, 0.4) is 0 Å². The first-order valence-electron chi connectivity index (χ1n) is 3.74. The normalized spacial score (nSPS) is 10.4. The molecule has 1 aromatic rings. The van der Waals surface area contributed by atoms with Crippen LogP contribution in [0, 0.1) is 12.7 Å². The summed E-state index contributed by atoms with van der Waals surface area (Å²) in [7, 11) is 0. The predicted molar refractivity (Wildman–Crippen MR) is 43.2 cm³/mol. The van der Waals surface area contributed by atoms with Crippen molar-refractivity contribution in [3.8, 4) is 5.75 Å². The molecule has 0 spiro atoms. The van der Waals surface area contributed by atoms with Gasteiger partial charge in [0.25, 0.3) is 0 Å². The molecule has 0 fully saturated rings. The van der Waals surface area contributed by atoms with Crippen LogP contribution in [0.15, 0.2) is 12.1 Å². The van der Waals surface area contributed by atoms with Gasteiger partial charge in [0, 0.05) is 5.56 Å². The third-order valence-corrected chi connectivity index (χ3v) is 1.66. The van der Waals surface area contributed by atoms with Crippen molar-refractivity contribution in [2.45, 2.75) is 13.5 Å². The average molecular weight is 204 g/mol. The van der Waals surface area contributed by atoms with Crippen molar-refractivity contribution in [1.82, 2.24) is 0 Å². The summed E-state index contributed by atoms with van der Waals surface area (Å²) in [6, 6.07) is 1.92. The summed E-state index contributed by atoms with van der Waals surface area (Å²) >= 11 is 0. The minimum absolute atomic E-state index is 0.127. The van der Waals surface area contributed by atoms with Crippen LogP contribution in [0.5, 0.6) is 5.75 Å². The molecule has 1 aromatic carbocycles. The van der Waals surface area contributed by atoms with Gasteiger partial charge in [-0.05, 0) is 24.6 Å². The molecule has 0 saturated carbocycles. The van der Waals surface area contributed by atoms with E-state index in [1.54, 1.807) is 0 Å². The Hall–Kier alpha value is -1.52. The zero-order chi connectivity index (χ0) is 10.7. The number of hydrogen-bond acceptors (Lipinski definition) is 2. The Morgan fingerprint density at radius 3 is 2.57 bits per heavy atom. The van der Waals surface area contributed by atoms with Gasteiger partial charge >= 0.3 is 6.61 Å². The van der Waals surface area contributed by atoms with E-state index in [0.29, 0.717) is 11.8 Å². The van der Waals surface area contributed by atoms with E-state index in [1.165, 1.54) is 6.92 Å². The molecule has 1 rings (SSSR count). The zero-order valence-corrected chi connectivity index (χ0v) is 7.26. The summed E-state index contributed by atoms with van der Waals surface area (Å²) in [5, 5.41) is 0. The van der Waals surface area contributed by atoms with Crippen molar-refractivity contribution in [3.05, 3.63) is 29.1 Å². The number of halogens is 3. The number of benzene rings is 1. The van der Waals surface area contributed by atoms with Gasteiger partial charge in [0.05, 0.1) is 0 Å². The monoisotopic (exact) mass is 204 g/mol. The van der Waals surface area contributed by atoms with Crippen molar-refractivity contribution >= 4 is 6.29 Å². The molecule has 5 heteroatoms. The lowest BCUT2D eigenvalue weighted by Crippen LogP contribution is -2.04. The minimum Gasteiger partial charge on any atom is -0.432 e. The molecule has 0 heterocycles. The second-order valence-electron chi connectivity index (χ2n) is 2.64. The van der Waals surface area contributed by atoms with Gasteiger partial charge in [0.15, 0.2) is 11.6 Å². The molecule has 14 heavy (non-hydrogen) atoms. The molecule has 0 aliphatic carbocycles. The second-order valence-corrected chi connectivity index (χ2v) is 2.64. The first kappa shape index (κ1) is 10.6. The number of ether oxygens (including phenoxy) is 1. The van der Waals surface area contributed by atoms with Gasteiger partial charge in [0.1, 0.15) is 6.29 Å². The lowest BCUT2D eigenvalue weighted by Gasteiger charge is -2.07. The topological polar surface area (TPSA) is 26.3 Å². The third kappa shape index (κ3) is 2.25. The smallest absolute Gasteiger partial charge is 0.387 e. The summed E-state index contributed by atoms with van der Waals surface area (Å²) in [5.41, 5.74) is 0.501. The lowest BCUT2D eigenvalue weighted by atomic mass is 10.1. The summed E-state index contributed by atoms with van der Waals surface area (Å²) in [4.78, 5) is 10.4. The highest BCUT2D eigenvalue weighted by molar-refractivity contribution is 5.78. The molecule has 0 atom stereocenters. The van der Waals surface area contributed by atoms with Crippen LogP contribution in [-0.4, -0.2) is 12.9 Å². The van der Waals surface area contributed by atoms with Crippen molar-refractivity contribution in [2.75, 3.05) is 0 Å². The Kier molecular flexibility index (Phi) is 3.11. The molecular weight excluding hydrogens is 197 g/mol. The third-order valence-electron chi connectivity index (χ3n) is 1.66. The van der Waals surface area contributed by atoms with E-state index in [0.717, 1.165) is 12.1 Å². The van der Waals surface area contributed by atoms with Gasteiger partial charge < -0.3 is 4.74 Å². The Morgan fingerprint density at radius 1 is 1.43 bits per heavy atom. The van der Waals surface area contributed by atoms with Gasteiger partial charge in [-0.3, -0.25) is 4.79 Å². The van der Waals surface area contributed by atoms with E-state index in [-0.39, 0.29) is 5.56 Å². The van der Waals surface area contributed by atoms with Crippen molar-refractivity contribution < 1.29 is 22.7 Å². The number of hydrogen-bond donors (Lipinski definition) is 0. The largest absolute Gasteiger partial charge is 0.432 e. The number of aryl methyl sites for hydroxylation is 1. The molecule has 0 saturated heterocycles. The highest BCUT2D eigenvalue weighted by Gasteiger charge is 2.12. The van der Waals surface area contributed by atoms with Crippen LogP contribution in [0.2, 0.25) is 0 Å². The number of carbonyl (C=O) groups excluding carboxylic acids is 1. The summed E-state index contributed by atoms with van der Waals surface area (Å²) in [6.07, 6.45) is 0.451. The number of carbonyl (C=O) groups is 1. The minimum atomic E-state index is -3.10. The second kappa shape index (κ2) is 4.13. The molecule has 0 aromatic heterocycles. The van der Waals surface area contributed by atoms with Gasteiger partial charge in [-0.2, -0.15) is 8.78 Å². The van der Waals surface area contributed by atoms with Crippen LogP contribution in [-0.2, 0) is 0 Å². The summed E-state index contributed by atoms with van der Waals surface area (Å²) in [5.74, 6) is -1.53. The molecule has 0 aliphatic heterocycles. The maximum Gasteiger partial charge on any atom is 0.387 e. The Morgan fingerprint density at radius 2 is 2.07 bits per heavy atom. The van der Waals surface area contributed by atoms with Crippen LogP contribution in [0.4, 0.5) is 13.2 Å². The Balaban J connectivity index is 3.10. The molecule has 0 bridgehead atoms. The predicted octanol–water partition coefficient (Wildman–Crippen LogP) is 2.55. The summed E-state index contributed by atoms with van der Waals surface area (Å²) in [6.45, 7) is -1.61. The fourth-order valence-electron chi connectivity index (χ4n) is 0.982. The first-order valence-corrected chi connectivity index (χ1v) is 3.74. The number of rotatable bonds is 3. The number of aldehydes is 1. The standard InChI is InChI=1S/C9H7F3O2/c1-5-2-7(10)8(14-9(11)12)3-6(5)4-13/h2-4,9H,1H3. The molecule has 0 N–H and O–H groups in total. The molecular formula is C9H7F3O2. The van der Waals surface area contributed by atoms with E-state index in [2.05, 4.69) is 4.74 Å². The quantitative estimate of drug-likeness (QED) is 0.707. The maximum atomic E-state index is 13.0. The maximum absolute atomic E-state index is 13.0. The molecule has 2 nitrogen and oxygen atoms in total. The Bertz CT molecular complexity index is 350. The SMILES string of the molecule is Cc1cc(F)c(OC(F)F)cc1C=O. The fourth-order valence-corrected chi connectivity index (χ4v) is 0.982. The first-order chi connectivity index (χ1) is 6.54. The Labute approximate surface area is 78.3 Å². The molecule has 0 unspecified atom stereocenters. The van der Waals surface area contributed by atoms with Gasteiger partial charge in [0.2, 0.25) is 0 Å². The van der Waals surface area contributed by atoms with E-state index in [9.17, 15) is 18.0 Å². The van der Waals surface area contributed by atoms with Crippen molar-refractivity contribution in [1.29, 1.82) is 0 Å². The highest BCUT2D eigenvalue weighted by atomic mass is 19.3. The van der Waals surface area contributed by atoms with Crippen LogP contribution in [0.25, 0.3) is 0 Å². The van der Waals surface area contributed by atoms with Gasteiger partial charge in [-0.25, -0.2) is 4.39 Å². The van der Waals surface area contributed by atoms with Gasteiger partial charge in [-0.1, -0.05) is 0 Å². The lowest BCUT2D eigenvalue weighted by molar-refractivity contribution is -0.0522. The van der Waals surface area contributed by atoms with E-state index in [4.69, 9.17) is 0 Å². The number of alkyl halides is 2. The molecule has 0 radical (unpaired) electrons. The van der Waals surface area contributed by atoms with Crippen LogP contribution < -0.4 is 4.74 Å². The van der Waals surface area contributed by atoms with Crippen molar-refractivity contribution in [2.24, 2.45) is 0 Å². The highest BCUT2D eigenvalue weighted by Crippen LogP contribution is 2.22. The van der Waals surface area contributed by atoms with Gasteiger partial charge in [-0.15, -0.1) is 0 Å². The van der Waals surface area contributed by atoms with E-state index in [1.807, 2.05) is 0 Å². The molecule has 0 amide bonds. The zero-order valence-electron chi connectivity index (χ0n) is 7.26. The van der Waals surface area contributed by atoms with E-state index >= 15 is 0 Å². The molecule has 76 valence electrons. The van der Waals surface area contributed by atoms with Crippen molar-refractivity contribution in [3.63, 3.8) is 0 Å². The van der Waals surface area contributed by atoms with E-state index < -0.39 is 18.2 Å². The van der Waals surface area contributed by atoms with Crippen LogP contribution >= 0.6 is 0 Å². The fraction of sp³-hybridized carbons (Fsp3) is 0.222. The molecule has 0 aliphatic rings. The average Bonchev–Trinajstić information content (AvgIpc) is 2.09. The van der Waals surface area contributed by atoms with Crippen LogP contribution in [0.1, 0.15) is 15.9 Å². The summed E-state index contributed by atoms with van der Waals surface area (Å²) < 4.78 is 40.3.